The summed E-state index contributed by atoms with van der Waals surface area (Å²) in [5, 5.41) is 9.45. The predicted molar refractivity (Wildman–Crippen MR) is 177 cm³/mol. The van der Waals surface area contributed by atoms with Crippen molar-refractivity contribution < 1.29 is 22.3 Å². The van der Waals surface area contributed by atoms with Crippen molar-refractivity contribution in [1.29, 1.82) is 0 Å². The SMILES string of the molecule is C=C(C)/C=C(\C/C=C\CC)C(F)(F)F.C=Nc1ccccc1NCC.CC.CNCCCNCc1cc(OC)ccc1F. The smallest absolute Gasteiger partial charge is 0.413 e. The second-order valence-electron chi connectivity index (χ2n) is 8.89. The molecule has 2 aromatic rings. The largest absolute Gasteiger partial charge is 0.497 e. The van der Waals surface area contributed by atoms with Gasteiger partial charge in [0.2, 0.25) is 0 Å². The Morgan fingerprint density at radius 3 is 2.26 bits per heavy atom. The molecule has 43 heavy (non-hydrogen) atoms. The van der Waals surface area contributed by atoms with E-state index in [-0.39, 0.29) is 12.2 Å². The van der Waals surface area contributed by atoms with E-state index in [4.69, 9.17) is 4.74 Å². The number of hydrogen-bond donors (Lipinski definition) is 3. The molecule has 0 aliphatic rings. The van der Waals surface area contributed by atoms with E-state index in [0.717, 1.165) is 49.9 Å². The van der Waals surface area contributed by atoms with Gasteiger partial charge >= 0.3 is 6.18 Å². The molecule has 5 nitrogen and oxygen atoms in total. The minimum Gasteiger partial charge on any atom is -0.497 e. The third kappa shape index (κ3) is 21.0. The molecule has 0 saturated heterocycles. The lowest BCUT2D eigenvalue weighted by Gasteiger charge is -2.09. The van der Waals surface area contributed by atoms with Crippen molar-refractivity contribution in [1.82, 2.24) is 10.6 Å². The van der Waals surface area contributed by atoms with Crippen molar-refractivity contribution in [3.63, 3.8) is 0 Å². The van der Waals surface area contributed by atoms with Crippen LogP contribution in [-0.4, -0.2) is 46.7 Å². The first-order valence-corrected chi connectivity index (χ1v) is 14.6. The number of nitrogens with one attached hydrogen (secondary N) is 3. The van der Waals surface area contributed by atoms with Crippen LogP contribution in [0.25, 0.3) is 0 Å². The average Bonchev–Trinajstić information content (AvgIpc) is 2.99. The highest BCUT2D eigenvalue weighted by atomic mass is 19.4. The van der Waals surface area contributed by atoms with E-state index in [0.29, 0.717) is 23.4 Å². The molecular formula is C34H52F4N4O. The molecule has 0 aliphatic heterocycles. The minimum absolute atomic E-state index is 0.0792. The highest BCUT2D eigenvalue weighted by Gasteiger charge is 2.32. The van der Waals surface area contributed by atoms with Crippen LogP contribution in [0.1, 0.15) is 59.4 Å². The van der Waals surface area contributed by atoms with Gasteiger partial charge in [-0.1, -0.05) is 63.3 Å². The standard InChI is InChI=1S/C12H19FN2O.C11H15F3.C9H12N2.C2H6/c1-14-6-3-7-15-9-10-8-11(16-2)4-5-12(10)13;1-4-5-6-7-10(8-9(2)3)11(12,13)14;1-3-11-9-7-5-4-6-8(9)10-2;1-2/h4-5,8,14-15H,3,6-7,9H2,1-2H3;5-6,8H,2,4,7H2,1,3H3;4-7,11H,2-3H2,1H3;1-2H3/b;6-5-,10-8+;;. The summed E-state index contributed by atoms with van der Waals surface area (Å²) >= 11 is 0. The van der Waals surface area contributed by atoms with Gasteiger partial charge in [0.25, 0.3) is 0 Å². The van der Waals surface area contributed by atoms with Gasteiger partial charge < -0.3 is 20.7 Å². The number of halogens is 4. The van der Waals surface area contributed by atoms with E-state index in [1.807, 2.05) is 52.1 Å². The van der Waals surface area contributed by atoms with Gasteiger partial charge in [-0.15, -0.1) is 0 Å². The van der Waals surface area contributed by atoms with Crippen LogP contribution in [0.5, 0.6) is 5.75 Å². The van der Waals surface area contributed by atoms with E-state index in [1.54, 1.807) is 32.2 Å². The number of nitrogens with zero attached hydrogens (tertiary/aromatic N) is 1. The Morgan fingerprint density at radius 2 is 1.72 bits per heavy atom. The molecule has 0 bridgehead atoms. The predicted octanol–water partition coefficient (Wildman–Crippen LogP) is 9.42. The van der Waals surface area contributed by atoms with Gasteiger partial charge in [-0.05, 0) is 90.3 Å². The maximum atomic E-state index is 13.4. The lowest BCUT2D eigenvalue weighted by Crippen LogP contribution is -2.19. The normalized spacial score (nSPS) is 10.8. The number of anilines is 1. The highest BCUT2D eigenvalue weighted by Crippen LogP contribution is 2.29. The first-order chi connectivity index (χ1) is 20.5. The number of para-hydroxylation sites is 2. The zero-order chi connectivity index (χ0) is 33.1. The fourth-order valence-corrected chi connectivity index (χ4v) is 3.31. The lowest BCUT2D eigenvalue weighted by molar-refractivity contribution is -0.0929. The Hall–Kier alpha value is -3.43. The Kier molecular flexibility index (Phi) is 25.4. The molecule has 9 heteroatoms. The maximum Gasteiger partial charge on any atom is 0.413 e. The molecule has 0 atom stereocenters. The molecule has 242 valence electrons. The van der Waals surface area contributed by atoms with Gasteiger partial charge in [-0.2, -0.15) is 13.2 Å². The molecule has 0 heterocycles. The summed E-state index contributed by atoms with van der Waals surface area (Å²) in [5.41, 5.74) is 2.47. The zero-order valence-corrected chi connectivity index (χ0v) is 27.0. The number of benzene rings is 2. The number of hydrogen-bond acceptors (Lipinski definition) is 5. The van der Waals surface area contributed by atoms with Crippen LogP contribution >= 0.6 is 0 Å². The molecule has 0 aliphatic carbocycles. The fraction of sp³-hybridized carbons (Fsp3) is 0.441. The molecule has 3 N–H and O–H groups in total. The summed E-state index contributed by atoms with van der Waals surface area (Å²) in [5.74, 6) is 0.496. The summed E-state index contributed by atoms with van der Waals surface area (Å²) < 4.78 is 55.5. The van der Waals surface area contributed by atoms with Crippen molar-refractivity contribution >= 4 is 18.1 Å². The van der Waals surface area contributed by atoms with Gasteiger partial charge in [-0.25, -0.2) is 4.39 Å². The number of ether oxygens (including phenoxy) is 1. The molecule has 2 aromatic carbocycles. The number of allylic oxidation sites excluding steroid dienone is 5. The second-order valence-corrected chi connectivity index (χ2v) is 8.89. The molecular weight excluding hydrogens is 556 g/mol. The maximum absolute atomic E-state index is 13.4. The molecule has 0 spiro atoms. The van der Waals surface area contributed by atoms with Gasteiger partial charge in [0, 0.05) is 24.2 Å². The van der Waals surface area contributed by atoms with Crippen LogP contribution in [0, 0.1) is 5.82 Å². The third-order valence-corrected chi connectivity index (χ3v) is 5.32. The number of methoxy groups -OCH3 is 1. The fourth-order valence-electron chi connectivity index (χ4n) is 3.31. The molecule has 0 radical (unpaired) electrons. The second kappa shape index (κ2) is 26.2. The van der Waals surface area contributed by atoms with Crippen LogP contribution in [0.15, 0.2) is 83.4 Å². The summed E-state index contributed by atoms with van der Waals surface area (Å²) in [4.78, 5) is 3.88. The lowest BCUT2D eigenvalue weighted by atomic mass is 10.1. The third-order valence-electron chi connectivity index (χ3n) is 5.32. The molecule has 0 amide bonds. The van der Waals surface area contributed by atoms with E-state index in [1.165, 1.54) is 12.1 Å². The zero-order valence-electron chi connectivity index (χ0n) is 27.0. The highest BCUT2D eigenvalue weighted by molar-refractivity contribution is 5.67. The summed E-state index contributed by atoms with van der Waals surface area (Å²) in [6.45, 7) is 19.7. The topological polar surface area (TPSA) is 57.7 Å². The minimum atomic E-state index is -4.25. The Morgan fingerprint density at radius 1 is 1.05 bits per heavy atom. The molecule has 0 aromatic heterocycles. The number of alkyl halides is 3. The summed E-state index contributed by atoms with van der Waals surface area (Å²) in [6.07, 6.45) is 1.78. The Balaban J connectivity index is 0. The van der Waals surface area contributed by atoms with Crippen molar-refractivity contribution in [3.8, 4) is 5.75 Å². The van der Waals surface area contributed by atoms with Crippen LogP contribution < -0.4 is 20.7 Å². The van der Waals surface area contributed by atoms with Crippen molar-refractivity contribution in [2.24, 2.45) is 4.99 Å². The van der Waals surface area contributed by atoms with Crippen molar-refractivity contribution in [2.45, 2.75) is 66.6 Å². The first kappa shape index (κ1) is 41.7. The summed E-state index contributed by atoms with van der Waals surface area (Å²) in [7, 11) is 3.50. The van der Waals surface area contributed by atoms with Crippen LogP contribution in [0.2, 0.25) is 0 Å². The quantitative estimate of drug-likeness (QED) is 0.0658. The van der Waals surface area contributed by atoms with Crippen molar-refractivity contribution in [3.05, 3.63) is 89.8 Å². The molecule has 0 fully saturated rings. The molecule has 0 saturated carbocycles. The van der Waals surface area contributed by atoms with Gasteiger partial charge in [0.05, 0.1) is 18.5 Å². The van der Waals surface area contributed by atoms with Crippen LogP contribution in [0.4, 0.5) is 28.9 Å². The first-order valence-electron chi connectivity index (χ1n) is 14.6. The summed E-state index contributed by atoms with van der Waals surface area (Å²) in [6, 6.07) is 12.6. The van der Waals surface area contributed by atoms with Gasteiger partial charge in [0.1, 0.15) is 11.6 Å². The van der Waals surface area contributed by atoms with Crippen molar-refractivity contribution in [2.75, 3.05) is 39.1 Å². The average molecular weight is 609 g/mol. The monoisotopic (exact) mass is 608 g/mol. The van der Waals surface area contributed by atoms with Crippen LogP contribution in [0.3, 0.4) is 0 Å². The van der Waals surface area contributed by atoms with E-state index < -0.39 is 11.7 Å². The Bertz CT molecular complexity index is 1080. The van der Waals surface area contributed by atoms with E-state index in [2.05, 4.69) is 41.2 Å². The Labute approximate surface area is 257 Å². The number of rotatable bonds is 14. The van der Waals surface area contributed by atoms with E-state index >= 15 is 0 Å². The van der Waals surface area contributed by atoms with Gasteiger partial charge in [-0.3, -0.25) is 4.99 Å². The van der Waals surface area contributed by atoms with E-state index in [9.17, 15) is 17.6 Å². The number of aliphatic imine (C=N–C) groups is 1. The molecule has 0 unspecified atom stereocenters. The van der Waals surface area contributed by atoms with Crippen LogP contribution in [-0.2, 0) is 6.54 Å². The van der Waals surface area contributed by atoms with Gasteiger partial charge in [0.15, 0.2) is 0 Å². The molecule has 2 rings (SSSR count).